The van der Waals surface area contributed by atoms with E-state index in [9.17, 15) is 19.5 Å². The Morgan fingerprint density at radius 3 is 2.50 bits per heavy atom. The molecule has 0 radical (unpaired) electrons. The molecule has 0 aromatic heterocycles. The van der Waals surface area contributed by atoms with E-state index >= 15 is 0 Å². The zero-order valence-corrected chi connectivity index (χ0v) is 19.3. The Labute approximate surface area is 192 Å². The van der Waals surface area contributed by atoms with Crippen molar-refractivity contribution in [2.24, 2.45) is 0 Å². The monoisotopic (exact) mass is 464 g/mol. The van der Waals surface area contributed by atoms with Gasteiger partial charge in [0.15, 0.2) is 11.9 Å². The van der Waals surface area contributed by atoms with Gasteiger partial charge in [0.05, 0.1) is 23.6 Å². The third kappa shape index (κ3) is 4.43. The number of ketones is 1. The molecule has 9 heteroatoms. The molecule has 2 atom stereocenters. The zero-order valence-electron chi connectivity index (χ0n) is 18.5. The summed E-state index contributed by atoms with van der Waals surface area (Å²) in [7, 11) is 0. The Morgan fingerprint density at radius 2 is 1.88 bits per heavy atom. The average molecular weight is 465 g/mol. The molecule has 4 aliphatic rings. The van der Waals surface area contributed by atoms with Crippen molar-refractivity contribution < 1.29 is 29.0 Å². The van der Waals surface area contributed by atoms with Crippen molar-refractivity contribution in [3.8, 4) is 5.75 Å². The number of aliphatic hydroxyl groups is 1. The number of alkyl carbamates (subject to hydrolysis) is 1. The van der Waals surface area contributed by atoms with E-state index in [4.69, 9.17) is 21.1 Å². The number of rotatable bonds is 3. The van der Waals surface area contributed by atoms with Crippen LogP contribution >= 0.6 is 11.6 Å². The van der Waals surface area contributed by atoms with E-state index in [0.717, 1.165) is 0 Å². The minimum Gasteiger partial charge on any atom is -0.479 e. The van der Waals surface area contributed by atoms with Gasteiger partial charge in [0.25, 0.3) is 5.91 Å². The Balaban J connectivity index is 1.40. The van der Waals surface area contributed by atoms with Crippen LogP contribution in [0.1, 0.15) is 69.7 Å². The predicted molar refractivity (Wildman–Crippen MR) is 117 cm³/mol. The molecule has 1 aliphatic heterocycles. The number of amides is 2. The van der Waals surface area contributed by atoms with Crippen LogP contribution < -0.4 is 15.4 Å². The molecule has 0 saturated heterocycles. The van der Waals surface area contributed by atoms with Gasteiger partial charge in [-0.3, -0.25) is 9.59 Å². The van der Waals surface area contributed by atoms with E-state index in [1.54, 1.807) is 39.0 Å². The van der Waals surface area contributed by atoms with Gasteiger partial charge in [-0.05, 0) is 71.1 Å². The minimum atomic E-state index is -0.934. The number of hydrogen-bond acceptors (Lipinski definition) is 6. The standard InChI is InChI=1S/C23H29ClN2O6/c1-21(2,3)32-20(30)26-23-8-6-22(7-9-23,12-18(23)28)25-19(29)17-11-15(27)14-10-13(24)4-5-16(14)31-17/h4-5,10,17-18,28H,6-9,11-12H2,1-3H3,(H,25,29)(H,26,30)/t17-,18+,22?,23?/m0/s1. The summed E-state index contributed by atoms with van der Waals surface area (Å²) in [5.74, 6) is -0.226. The van der Waals surface area contributed by atoms with Gasteiger partial charge in [-0.25, -0.2) is 4.79 Å². The van der Waals surface area contributed by atoms with Crippen LogP contribution in [-0.2, 0) is 9.53 Å². The van der Waals surface area contributed by atoms with Crippen LogP contribution in [-0.4, -0.2) is 51.8 Å². The molecule has 0 spiro atoms. The molecule has 1 aromatic carbocycles. The normalized spacial score (nSPS) is 31.3. The molecule has 3 saturated carbocycles. The van der Waals surface area contributed by atoms with Crippen molar-refractivity contribution >= 4 is 29.4 Å². The van der Waals surface area contributed by atoms with Crippen molar-refractivity contribution in [2.75, 3.05) is 0 Å². The minimum absolute atomic E-state index is 0.0675. The first-order valence-electron chi connectivity index (χ1n) is 10.9. The Kier molecular flexibility index (Phi) is 5.66. The fraction of sp³-hybridized carbons (Fsp3) is 0.609. The summed E-state index contributed by atoms with van der Waals surface area (Å²) in [5, 5.41) is 17.2. The smallest absolute Gasteiger partial charge is 0.408 e. The van der Waals surface area contributed by atoms with Crippen LogP contribution in [0.4, 0.5) is 4.79 Å². The van der Waals surface area contributed by atoms with Crippen molar-refractivity contribution in [3.05, 3.63) is 28.8 Å². The van der Waals surface area contributed by atoms with Gasteiger partial charge in [0, 0.05) is 10.6 Å². The first-order chi connectivity index (χ1) is 14.9. The lowest BCUT2D eigenvalue weighted by Crippen LogP contribution is -2.71. The molecule has 5 rings (SSSR count). The largest absolute Gasteiger partial charge is 0.479 e. The van der Waals surface area contributed by atoms with E-state index in [0.29, 0.717) is 48.4 Å². The van der Waals surface area contributed by atoms with E-state index in [1.807, 2.05) is 0 Å². The quantitative estimate of drug-likeness (QED) is 0.633. The fourth-order valence-corrected chi connectivity index (χ4v) is 5.13. The van der Waals surface area contributed by atoms with E-state index < -0.39 is 35.0 Å². The van der Waals surface area contributed by atoms with Crippen LogP contribution in [0.25, 0.3) is 0 Å². The molecule has 0 unspecified atom stereocenters. The van der Waals surface area contributed by atoms with Gasteiger partial charge in [-0.1, -0.05) is 11.6 Å². The topological polar surface area (TPSA) is 114 Å². The molecule has 1 aromatic rings. The highest BCUT2D eigenvalue weighted by molar-refractivity contribution is 6.31. The number of carbonyl (C=O) groups is 3. The number of fused-ring (bicyclic) bond motifs is 4. The highest BCUT2D eigenvalue weighted by Gasteiger charge is 2.56. The van der Waals surface area contributed by atoms with Crippen LogP contribution in [0.15, 0.2) is 18.2 Å². The van der Waals surface area contributed by atoms with Gasteiger partial charge in [-0.2, -0.15) is 0 Å². The summed E-state index contributed by atoms with van der Waals surface area (Å²) in [6, 6.07) is 4.75. The van der Waals surface area contributed by atoms with Crippen molar-refractivity contribution in [1.82, 2.24) is 10.6 Å². The number of halogens is 1. The Hall–Kier alpha value is -2.32. The lowest BCUT2D eigenvalue weighted by molar-refractivity contribution is -0.134. The number of ether oxygens (including phenoxy) is 2. The number of nitrogens with one attached hydrogen (secondary N) is 2. The van der Waals surface area contributed by atoms with E-state index in [2.05, 4.69) is 10.6 Å². The molecule has 2 amide bonds. The molecule has 1 heterocycles. The first kappa shape index (κ1) is 22.9. The van der Waals surface area contributed by atoms with E-state index in [1.165, 1.54) is 0 Å². The molecular formula is C23H29ClN2O6. The number of hydrogen-bond donors (Lipinski definition) is 3. The highest BCUT2D eigenvalue weighted by atomic mass is 35.5. The van der Waals surface area contributed by atoms with Gasteiger partial charge in [0.1, 0.15) is 11.4 Å². The lowest BCUT2D eigenvalue weighted by Gasteiger charge is -2.56. The van der Waals surface area contributed by atoms with Gasteiger partial charge < -0.3 is 25.2 Å². The van der Waals surface area contributed by atoms with Crippen LogP contribution in [0, 0.1) is 0 Å². The van der Waals surface area contributed by atoms with Crippen molar-refractivity contribution in [3.63, 3.8) is 0 Å². The summed E-state index contributed by atoms with van der Waals surface area (Å²) in [6.07, 6.45) is 0.146. The maximum atomic E-state index is 13.0. The molecule has 3 aliphatic carbocycles. The molecular weight excluding hydrogens is 436 g/mol. The summed E-state index contributed by atoms with van der Waals surface area (Å²) in [4.78, 5) is 37.8. The second kappa shape index (κ2) is 7.92. The van der Waals surface area contributed by atoms with Crippen LogP contribution in [0.3, 0.4) is 0 Å². The average Bonchev–Trinajstić information content (AvgIpc) is 2.68. The first-order valence-corrected chi connectivity index (χ1v) is 11.3. The molecule has 32 heavy (non-hydrogen) atoms. The van der Waals surface area contributed by atoms with Gasteiger partial charge in [0.2, 0.25) is 0 Å². The Morgan fingerprint density at radius 1 is 1.19 bits per heavy atom. The molecule has 3 fully saturated rings. The predicted octanol–water partition coefficient (Wildman–Crippen LogP) is 3.13. The summed E-state index contributed by atoms with van der Waals surface area (Å²) < 4.78 is 11.1. The third-order valence-electron chi connectivity index (χ3n) is 6.63. The van der Waals surface area contributed by atoms with Crippen molar-refractivity contribution in [2.45, 2.75) is 88.2 Å². The van der Waals surface area contributed by atoms with Gasteiger partial charge in [-0.15, -0.1) is 0 Å². The number of Topliss-reactive ketones (excluding diaryl/α,β-unsaturated/α-hetero) is 1. The zero-order chi connectivity index (χ0) is 23.3. The fourth-order valence-electron chi connectivity index (χ4n) is 4.95. The second-order valence-electron chi connectivity index (χ2n) is 10.1. The summed E-state index contributed by atoms with van der Waals surface area (Å²) in [5.41, 5.74) is -1.61. The number of benzene rings is 1. The van der Waals surface area contributed by atoms with Crippen molar-refractivity contribution in [1.29, 1.82) is 0 Å². The molecule has 3 N–H and O–H groups in total. The number of aliphatic hydroxyl groups excluding tert-OH is 1. The molecule has 8 nitrogen and oxygen atoms in total. The maximum Gasteiger partial charge on any atom is 0.408 e. The summed E-state index contributed by atoms with van der Waals surface area (Å²) in [6.45, 7) is 5.36. The lowest BCUT2D eigenvalue weighted by atomic mass is 9.60. The van der Waals surface area contributed by atoms with Crippen LogP contribution in [0.2, 0.25) is 5.02 Å². The van der Waals surface area contributed by atoms with Gasteiger partial charge >= 0.3 is 6.09 Å². The number of carbonyl (C=O) groups excluding carboxylic acids is 3. The third-order valence-corrected chi connectivity index (χ3v) is 6.87. The maximum absolute atomic E-state index is 13.0. The Bertz CT molecular complexity index is 948. The molecule has 2 bridgehead atoms. The highest BCUT2D eigenvalue weighted by Crippen LogP contribution is 2.47. The summed E-state index contributed by atoms with van der Waals surface area (Å²) >= 11 is 5.95. The molecule has 174 valence electrons. The second-order valence-corrected chi connectivity index (χ2v) is 10.6. The SMILES string of the molecule is CC(C)(C)OC(=O)NC12CCC(NC(=O)[C@@H]3CC(=O)c4cc(Cl)ccc4O3)(CC1)C[C@H]2O. The van der Waals surface area contributed by atoms with Crippen LogP contribution in [0.5, 0.6) is 5.75 Å². The van der Waals surface area contributed by atoms with E-state index in [-0.39, 0.29) is 18.1 Å².